The van der Waals surface area contributed by atoms with Crippen molar-refractivity contribution < 1.29 is 4.74 Å². The van der Waals surface area contributed by atoms with Crippen LogP contribution in [0.3, 0.4) is 0 Å². The van der Waals surface area contributed by atoms with Gasteiger partial charge in [-0.1, -0.05) is 19.1 Å². The maximum absolute atomic E-state index is 11.6. The van der Waals surface area contributed by atoms with Crippen LogP contribution in [0.5, 0.6) is 5.75 Å². The summed E-state index contributed by atoms with van der Waals surface area (Å²) in [5.41, 5.74) is 1.36. The van der Waals surface area contributed by atoms with Gasteiger partial charge in [0.05, 0.1) is 11.8 Å². The molecule has 4 heteroatoms. The number of ether oxygens (including phenoxy) is 1. The molecular weight excluding hydrogens is 240 g/mol. The Morgan fingerprint density at radius 1 is 1.32 bits per heavy atom. The van der Waals surface area contributed by atoms with E-state index in [1.54, 1.807) is 0 Å². The quantitative estimate of drug-likeness (QED) is 0.917. The fraction of sp³-hybridized carbons (Fsp3) is 0.333. The Morgan fingerprint density at radius 3 is 2.74 bits per heavy atom. The number of hydrogen-bond donors (Lipinski definition) is 1. The van der Waals surface area contributed by atoms with Crippen LogP contribution in [0.1, 0.15) is 26.6 Å². The number of benzene rings is 1. The van der Waals surface area contributed by atoms with Gasteiger partial charge in [0.2, 0.25) is 0 Å². The molecule has 0 bridgehead atoms. The van der Waals surface area contributed by atoms with Gasteiger partial charge in [0.15, 0.2) is 0 Å². The average Bonchev–Trinajstić information content (AvgIpc) is 2.38. The molecule has 4 nitrogen and oxygen atoms in total. The molecule has 0 amide bonds. The first-order valence-electron chi connectivity index (χ1n) is 6.46. The second-order valence-electron chi connectivity index (χ2n) is 4.59. The lowest BCUT2D eigenvalue weighted by molar-refractivity contribution is 0.243. The SMILES string of the molecule is CCc1nc(-c2ccccc2OC(C)C)cc(=O)[nH]1. The van der Waals surface area contributed by atoms with Crippen LogP contribution in [0, 0.1) is 0 Å². The maximum Gasteiger partial charge on any atom is 0.251 e. The van der Waals surface area contributed by atoms with Gasteiger partial charge >= 0.3 is 0 Å². The molecule has 19 heavy (non-hydrogen) atoms. The second-order valence-corrected chi connectivity index (χ2v) is 4.59. The smallest absolute Gasteiger partial charge is 0.251 e. The van der Waals surface area contributed by atoms with Gasteiger partial charge in [-0.15, -0.1) is 0 Å². The highest BCUT2D eigenvalue weighted by Gasteiger charge is 2.10. The maximum atomic E-state index is 11.6. The molecule has 0 unspecified atom stereocenters. The lowest BCUT2D eigenvalue weighted by atomic mass is 10.1. The molecule has 0 saturated carbocycles. The molecule has 2 aromatic rings. The normalized spacial score (nSPS) is 10.7. The lowest BCUT2D eigenvalue weighted by Crippen LogP contribution is -2.11. The number of nitrogens with zero attached hydrogens (tertiary/aromatic N) is 1. The summed E-state index contributed by atoms with van der Waals surface area (Å²) >= 11 is 0. The van der Waals surface area contributed by atoms with Crippen LogP contribution in [0.4, 0.5) is 0 Å². The predicted molar refractivity (Wildman–Crippen MR) is 75.4 cm³/mol. The van der Waals surface area contributed by atoms with E-state index < -0.39 is 0 Å². The van der Waals surface area contributed by atoms with Crippen molar-refractivity contribution >= 4 is 0 Å². The monoisotopic (exact) mass is 258 g/mol. The number of para-hydroxylation sites is 1. The van der Waals surface area contributed by atoms with Crippen LogP contribution in [-0.4, -0.2) is 16.1 Å². The van der Waals surface area contributed by atoms with Crippen molar-refractivity contribution in [1.82, 2.24) is 9.97 Å². The van der Waals surface area contributed by atoms with E-state index in [4.69, 9.17) is 4.74 Å². The van der Waals surface area contributed by atoms with Crippen molar-refractivity contribution in [2.24, 2.45) is 0 Å². The van der Waals surface area contributed by atoms with Gasteiger partial charge in [-0.2, -0.15) is 0 Å². The van der Waals surface area contributed by atoms with Gasteiger partial charge in [0, 0.05) is 18.1 Å². The molecular formula is C15H18N2O2. The van der Waals surface area contributed by atoms with E-state index in [2.05, 4.69) is 9.97 Å². The summed E-state index contributed by atoms with van der Waals surface area (Å²) in [6.45, 7) is 5.90. The fourth-order valence-corrected chi connectivity index (χ4v) is 1.85. The van der Waals surface area contributed by atoms with E-state index in [0.29, 0.717) is 17.9 Å². The molecule has 1 aromatic carbocycles. The van der Waals surface area contributed by atoms with Crippen LogP contribution in [0.15, 0.2) is 35.1 Å². The van der Waals surface area contributed by atoms with Gasteiger partial charge in [0.1, 0.15) is 11.6 Å². The fourth-order valence-electron chi connectivity index (χ4n) is 1.85. The second kappa shape index (κ2) is 5.69. The zero-order valence-corrected chi connectivity index (χ0v) is 11.4. The van der Waals surface area contributed by atoms with Gasteiger partial charge in [-0.3, -0.25) is 4.79 Å². The van der Waals surface area contributed by atoms with Gasteiger partial charge < -0.3 is 9.72 Å². The Bertz CT molecular complexity index is 618. The van der Waals surface area contributed by atoms with E-state index in [1.165, 1.54) is 6.07 Å². The third kappa shape index (κ3) is 3.22. The van der Waals surface area contributed by atoms with Crippen LogP contribution >= 0.6 is 0 Å². The van der Waals surface area contributed by atoms with Gasteiger partial charge in [-0.05, 0) is 26.0 Å². The average molecular weight is 258 g/mol. The molecule has 100 valence electrons. The van der Waals surface area contributed by atoms with Crippen molar-refractivity contribution in [2.75, 3.05) is 0 Å². The minimum absolute atomic E-state index is 0.0776. The summed E-state index contributed by atoms with van der Waals surface area (Å²) in [5.74, 6) is 1.43. The Labute approximate surface area is 112 Å². The highest BCUT2D eigenvalue weighted by Crippen LogP contribution is 2.28. The number of hydrogen-bond acceptors (Lipinski definition) is 3. The largest absolute Gasteiger partial charge is 0.490 e. The van der Waals surface area contributed by atoms with E-state index in [9.17, 15) is 4.79 Å². The minimum Gasteiger partial charge on any atom is -0.490 e. The van der Waals surface area contributed by atoms with E-state index in [1.807, 2.05) is 45.0 Å². The zero-order chi connectivity index (χ0) is 13.8. The Hall–Kier alpha value is -2.10. The van der Waals surface area contributed by atoms with Crippen molar-refractivity contribution in [3.8, 4) is 17.0 Å². The molecule has 1 aromatic heterocycles. The van der Waals surface area contributed by atoms with Crippen LogP contribution < -0.4 is 10.3 Å². The molecule has 0 aliphatic heterocycles. The van der Waals surface area contributed by atoms with Crippen molar-refractivity contribution in [3.05, 3.63) is 46.5 Å². The summed E-state index contributed by atoms with van der Waals surface area (Å²) in [5, 5.41) is 0. The van der Waals surface area contributed by atoms with Gasteiger partial charge in [0.25, 0.3) is 5.56 Å². The number of nitrogens with one attached hydrogen (secondary N) is 1. The van der Waals surface area contributed by atoms with Gasteiger partial charge in [-0.25, -0.2) is 4.98 Å². The van der Waals surface area contributed by atoms with E-state index in [-0.39, 0.29) is 11.7 Å². The number of rotatable bonds is 4. The third-order valence-electron chi connectivity index (χ3n) is 2.65. The molecule has 0 aliphatic rings. The summed E-state index contributed by atoms with van der Waals surface area (Å²) < 4.78 is 5.76. The first-order valence-corrected chi connectivity index (χ1v) is 6.46. The molecule has 0 atom stereocenters. The molecule has 1 N–H and O–H groups in total. The zero-order valence-electron chi connectivity index (χ0n) is 11.4. The Kier molecular flexibility index (Phi) is 4.00. The van der Waals surface area contributed by atoms with Crippen LogP contribution in [0.25, 0.3) is 11.3 Å². The third-order valence-corrected chi connectivity index (χ3v) is 2.65. The van der Waals surface area contributed by atoms with Crippen molar-refractivity contribution in [3.63, 3.8) is 0 Å². The standard InChI is InChI=1S/C15H18N2O2/c1-4-14-16-12(9-15(18)17-14)11-7-5-6-8-13(11)19-10(2)3/h5-10H,4H2,1-3H3,(H,16,17,18). The first kappa shape index (κ1) is 13.3. The molecule has 0 spiro atoms. The summed E-state index contributed by atoms with van der Waals surface area (Å²) in [6.07, 6.45) is 0.768. The van der Waals surface area contributed by atoms with E-state index >= 15 is 0 Å². The summed E-state index contributed by atoms with van der Waals surface area (Å²) in [4.78, 5) is 18.8. The highest BCUT2D eigenvalue weighted by molar-refractivity contribution is 5.66. The Morgan fingerprint density at radius 2 is 2.05 bits per heavy atom. The topological polar surface area (TPSA) is 55.0 Å². The molecule has 1 heterocycles. The van der Waals surface area contributed by atoms with Crippen LogP contribution in [-0.2, 0) is 6.42 Å². The van der Waals surface area contributed by atoms with Crippen molar-refractivity contribution in [2.45, 2.75) is 33.3 Å². The van der Waals surface area contributed by atoms with E-state index in [0.717, 1.165) is 11.3 Å². The minimum atomic E-state index is -0.138. The molecule has 2 rings (SSSR count). The summed E-state index contributed by atoms with van der Waals surface area (Å²) in [7, 11) is 0. The lowest BCUT2D eigenvalue weighted by Gasteiger charge is -2.13. The molecule has 0 fully saturated rings. The number of aromatic amines is 1. The molecule has 0 radical (unpaired) electrons. The van der Waals surface area contributed by atoms with Crippen LogP contribution in [0.2, 0.25) is 0 Å². The predicted octanol–water partition coefficient (Wildman–Crippen LogP) is 2.79. The summed E-state index contributed by atoms with van der Waals surface area (Å²) in [6, 6.07) is 9.14. The molecule has 0 saturated heterocycles. The molecule has 0 aliphatic carbocycles. The number of aromatic nitrogens is 2. The number of aryl methyl sites for hydroxylation is 1. The first-order chi connectivity index (χ1) is 9.10. The Balaban J connectivity index is 2.52. The van der Waals surface area contributed by atoms with Crippen molar-refractivity contribution in [1.29, 1.82) is 0 Å². The highest BCUT2D eigenvalue weighted by atomic mass is 16.5. The number of H-pyrrole nitrogens is 1.